The molecular formula is C12H16FN3O2. The number of nitrogens with one attached hydrogen (secondary N) is 2. The van der Waals surface area contributed by atoms with Gasteiger partial charge >= 0.3 is 0 Å². The summed E-state index contributed by atoms with van der Waals surface area (Å²) in [4.78, 5) is 22.7. The maximum Gasteiger partial charge on any atom is 0.254 e. The SMILES string of the molecule is CCNC(=O)CCNC(=O)c1cc(N)ccc1F. The summed E-state index contributed by atoms with van der Waals surface area (Å²) in [5.41, 5.74) is 5.66. The van der Waals surface area contributed by atoms with Crippen LogP contribution in [0.5, 0.6) is 0 Å². The largest absolute Gasteiger partial charge is 0.399 e. The first-order valence-electron chi connectivity index (χ1n) is 5.64. The van der Waals surface area contributed by atoms with Gasteiger partial charge in [-0.25, -0.2) is 4.39 Å². The summed E-state index contributed by atoms with van der Waals surface area (Å²) in [6.07, 6.45) is 0.156. The van der Waals surface area contributed by atoms with E-state index in [0.29, 0.717) is 12.2 Å². The number of hydrogen-bond donors (Lipinski definition) is 3. The van der Waals surface area contributed by atoms with Crippen LogP contribution in [0.1, 0.15) is 23.7 Å². The van der Waals surface area contributed by atoms with Crippen molar-refractivity contribution in [1.29, 1.82) is 0 Å². The Labute approximate surface area is 105 Å². The minimum absolute atomic E-state index is 0.120. The number of amides is 2. The number of anilines is 1. The van der Waals surface area contributed by atoms with E-state index >= 15 is 0 Å². The van der Waals surface area contributed by atoms with Crippen molar-refractivity contribution in [1.82, 2.24) is 10.6 Å². The van der Waals surface area contributed by atoms with Gasteiger partial charge in [-0.2, -0.15) is 0 Å². The zero-order valence-electron chi connectivity index (χ0n) is 10.1. The highest BCUT2D eigenvalue weighted by atomic mass is 19.1. The Kier molecular flexibility index (Phi) is 5.10. The summed E-state index contributed by atoms with van der Waals surface area (Å²) in [5.74, 6) is -1.38. The lowest BCUT2D eigenvalue weighted by Gasteiger charge is -2.06. The van der Waals surface area contributed by atoms with Crippen LogP contribution in [0.3, 0.4) is 0 Å². The van der Waals surface area contributed by atoms with Crippen molar-refractivity contribution in [2.45, 2.75) is 13.3 Å². The third kappa shape index (κ3) is 4.04. The first-order valence-corrected chi connectivity index (χ1v) is 5.64. The molecule has 0 unspecified atom stereocenters. The molecule has 0 heterocycles. The molecule has 6 heteroatoms. The van der Waals surface area contributed by atoms with E-state index in [4.69, 9.17) is 5.73 Å². The number of nitrogen functional groups attached to an aromatic ring is 1. The molecule has 0 radical (unpaired) electrons. The molecule has 4 N–H and O–H groups in total. The molecule has 2 amide bonds. The average Bonchev–Trinajstić information content (AvgIpc) is 2.32. The van der Waals surface area contributed by atoms with Crippen LogP contribution in [0.2, 0.25) is 0 Å². The van der Waals surface area contributed by atoms with E-state index in [-0.39, 0.29) is 24.4 Å². The van der Waals surface area contributed by atoms with Gasteiger partial charge in [-0.15, -0.1) is 0 Å². The summed E-state index contributed by atoms with van der Waals surface area (Å²) in [7, 11) is 0. The van der Waals surface area contributed by atoms with Gasteiger partial charge in [-0.1, -0.05) is 0 Å². The van der Waals surface area contributed by atoms with Crippen LogP contribution in [-0.2, 0) is 4.79 Å². The topological polar surface area (TPSA) is 84.2 Å². The average molecular weight is 253 g/mol. The van der Waals surface area contributed by atoms with Gasteiger partial charge in [0.1, 0.15) is 5.82 Å². The Morgan fingerprint density at radius 1 is 1.33 bits per heavy atom. The van der Waals surface area contributed by atoms with E-state index in [1.54, 1.807) is 6.92 Å². The molecule has 98 valence electrons. The molecule has 0 aromatic heterocycles. The molecule has 0 spiro atoms. The van der Waals surface area contributed by atoms with Crippen LogP contribution in [0, 0.1) is 5.82 Å². The lowest BCUT2D eigenvalue weighted by atomic mass is 10.1. The minimum atomic E-state index is -0.639. The number of rotatable bonds is 5. The first kappa shape index (κ1) is 14.0. The third-order valence-electron chi connectivity index (χ3n) is 2.25. The fraction of sp³-hybridized carbons (Fsp3) is 0.333. The number of carbonyl (C=O) groups is 2. The molecule has 0 atom stereocenters. The van der Waals surface area contributed by atoms with Crippen LogP contribution in [0.25, 0.3) is 0 Å². The molecule has 0 saturated carbocycles. The van der Waals surface area contributed by atoms with Crippen molar-refractivity contribution in [2.24, 2.45) is 0 Å². The smallest absolute Gasteiger partial charge is 0.254 e. The Bertz CT molecular complexity index is 449. The summed E-state index contributed by atoms with van der Waals surface area (Å²) in [6, 6.07) is 3.77. The van der Waals surface area contributed by atoms with Gasteiger partial charge < -0.3 is 16.4 Å². The molecule has 0 bridgehead atoms. The van der Waals surface area contributed by atoms with Crippen LogP contribution >= 0.6 is 0 Å². The summed E-state index contributed by atoms with van der Waals surface area (Å²) < 4.78 is 13.3. The van der Waals surface area contributed by atoms with Gasteiger partial charge in [-0.05, 0) is 25.1 Å². The van der Waals surface area contributed by atoms with E-state index in [1.165, 1.54) is 12.1 Å². The maximum atomic E-state index is 13.3. The van der Waals surface area contributed by atoms with Gasteiger partial charge in [0, 0.05) is 25.2 Å². The van der Waals surface area contributed by atoms with E-state index in [0.717, 1.165) is 6.07 Å². The van der Waals surface area contributed by atoms with Crippen molar-refractivity contribution in [2.75, 3.05) is 18.8 Å². The maximum absolute atomic E-state index is 13.3. The fourth-order valence-corrected chi connectivity index (χ4v) is 1.39. The van der Waals surface area contributed by atoms with Crippen LogP contribution < -0.4 is 16.4 Å². The van der Waals surface area contributed by atoms with Crippen molar-refractivity contribution < 1.29 is 14.0 Å². The second-order valence-electron chi connectivity index (χ2n) is 3.70. The second-order valence-corrected chi connectivity index (χ2v) is 3.70. The Morgan fingerprint density at radius 3 is 2.72 bits per heavy atom. The standard InChI is InChI=1S/C12H16FN3O2/c1-2-15-11(17)5-6-16-12(18)9-7-8(14)3-4-10(9)13/h3-4,7H,2,5-6,14H2,1H3,(H,15,17)(H,16,18). The lowest BCUT2D eigenvalue weighted by molar-refractivity contribution is -0.120. The molecule has 5 nitrogen and oxygen atoms in total. The van der Waals surface area contributed by atoms with Gasteiger partial charge in [0.05, 0.1) is 5.56 Å². The molecule has 1 aromatic carbocycles. The van der Waals surface area contributed by atoms with Crippen molar-refractivity contribution >= 4 is 17.5 Å². The summed E-state index contributed by atoms with van der Waals surface area (Å²) in [5, 5.41) is 5.06. The number of halogens is 1. The number of nitrogens with two attached hydrogens (primary N) is 1. The number of carbonyl (C=O) groups excluding carboxylic acids is 2. The monoisotopic (exact) mass is 253 g/mol. The fourth-order valence-electron chi connectivity index (χ4n) is 1.39. The molecule has 1 rings (SSSR count). The molecule has 1 aromatic rings. The number of hydrogen-bond acceptors (Lipinski definition) is 3. The molecule has 0 fully saturated rings. The summed E-state index contributed by atoms with van der Waals surface area (Å²) in [6.45, 7) is 2.49. The first-order chi connectivity index (χ1) is 8.54. The van der Waals surface area contributed by atoms with Gasteiger partial charge in [0.2, 0.25) is 5.91 Å². The molecule has 0 aliphatic heterocycles. The van der Waals surface area contributed by atoms with Crippen LogP contribution in [0.15, 0.2) is 18.2 Å². The number of benzene rings is 1. The normalized spacial score (nSPS) is 9.89. The van der Waals surface area contributed by atoms with E-state index < -0.39 is 11.7 Å². The van der Waals surface area contributed by atoms with E-state index in [2.05, 4.69) is 10.6 Å². The quantitative estimate of drug-likeness (QED) is 0.674. The molecule has 0 saturated heterocycles. The minimum Gasteiger partial charge on any atom is -0.399 e. The Balaban J connectivity index is 2.50. The molecule has 0 aliphatic carbocycles. The highest BCUT2D eigenvalue weighted by Gasteiger charge is 2.11. The van der Waals surface area contributed by atoms with Gasteiger partial charge in [0.25, 0.3) is 5.91 Å². The van der Waals surface area contributed by atoms with Crippen molar-refractivity contribution in [3.63, 3.8) is 0 Å². The van der Waals surface area contributed by atoms with E-state index in [1.807, 2.05) is 0 Å². The zero-order valence-corrected chi connectivity index (χ0v) is 10.1. The predicted octanol–water partition coefficient (Wildman–Crippen LogP) is 0.664. The van der Waals surface area contributed by atoms with Crippen molar-refractivity contribution in [3.8, 4) is 0 Å². The van der Waals surface area contributed by atoms with Crippen LogP contribution in [-0.4, -0.2) is 24.9 Å². The van der Waals surface area contributed by atoms with Gasteiger partial charge in [0.15, 0.2) is 0 Å². The molecule has 0 aliphatic rings. The third-order valence-corrected chi connectivity index (χ3v) is 2.25. The lowest BCUT2D eigenvalue weighted by Crippen LogP contribution is -2.31. The Morgan fingerprint density at radius 2 is 2.06 bits per heavy atom. The zero-order chi connectivity index (χ0) is 13.5. The predicted molar refractivity (Wildman–Crippen MR) is 66.4 cm³/mol. The Hall–Kier alpha value is -2.11. The molecule has 18 heavy (non-hydrogen) atoms. The highest BCUT2D eigenvalue weighted by Crippen LogP contribution is 2.11. The highest BCUT2D eigenvalue weighted by molar-refractivity contribution is 5.95. The van der Waals surface area contributed by atoms with Gasteiger partial charge in [-0.3, -0.25) is 9.59 Å². The second kappa shape index (κ2) is 6.58. The van der Waals surface area contributed by atoms with Crippen molar-refractivity contribution in [3.05, 3.63) is 29.6 Å². The van der Waals surface area contributed by atoms with E-state index in [9.17, 15) is 14.0 Å². The summed E-state index contributed by atoms with van der Waals surface area (Å²) >= 11 is 0. The molecular weight excluding hydrogens is 237 g/mol. The van der Waals surface area contributed by atoms with Crippen LogP contribution in [0.4, 0.5) is 10.1 Å².